The second-order valence-corrected chi connectivity index (χ2v) is 17.4. The summed E-state index contributed by atoms with van der Waals surface area (Å²) in [6, 6.07) is 36.1. The molecular formula is C53H59N7O6. The summed E-state index contributed by atoms with van der Waals surface area (Å²) in [4.78, 5) is 68.8. The van der Waals surface area contributed by atoms with Crippen molar-refractivity contribution in [3.8, 4) is 22.4 Å². The van der Waals surface area contributed by atoms with E-state index in [0.29, 0.717) is 32.4 Å². The zero-order chi connectivity index (χ0) is 45.8. The Bertz CT molecular complexity index is 2500. The lowest BCUT2D eigenvalue weighted by Crippen LogP contribution is -2.44. The van der Waals surface area contributed by atoms with E-state index in [0.717, 1.165) is 94.7 Å². The number of H-pyrrole nitrogens is 1. The fourth-order valence-electron chi connectivity index (χ4n) is 9.49. The van der Waals surface area contributed by atoms with Crippen LogP contribution in [0, 0.1) is 0 Å². The molecular weight excluding hydrogens is 831 g/mol. The average molecular weight is 890 g/mol. The zero-order valence-electron chi connectivity index (χ0n) is 37.8. The summed E-state index contributed by atoms with van der Waals surface area (Å²) in [5.74, 6) is 0.760. The van der Waals surface area contributed by atoms with Crippen molar-refractivity contribution >= 4 is 35.3 Å². The summed E-state index contributed by atoms with van der Waals surface area (Å²) in [5, 5.41) is 5.76. The van der Waals surface area contributed by atoms with E-state index in [1.807, 2.05) is 70.7 Å². The molecule has 4 atom stereocenters. The van der Waals surface area contributed by atoms with Crippen LogP contribution in [0.2, 0.25) is 0 Å². The number of hydrogen-bond acceptors (Lipinski definition) is 8. The van der Waals surface area contributed by atoms with Crippen LogP contribution in [0.25, 0.3) is 28.0 Å². The highest BCUT2D eigenvalue weighted by Gasteiger charge is 2.36. The second kappa shape index (κ2) is 21.8. The molecule has 4 heterocycles. The molecule has 8 rings (SSSR count). The van der Waals surface area contributed by atoms with E-state index in [1.54, 1.807) is 0 Å². The van der Waals surface area contributed by atoms with E-state index in [1.165, 1.54) is 14.2 Å². The molecule has 0 radical (unpaired) electrons. The maximum absolute atomic E-state index is 13.8. The third kappa shape index (κ3) is 11.4. The first-order chi connectivity index (χ1) is 32.2. The molecule has 0 saturated carbocycles. The van der Waals surface area contributed by atoms with Crippen molar-refractivity contribution in [1.29, 1.82) is 0 Å². The molecule has 0 spiro atoms. The van der Waals surface area contributed by atoms with Gasteiger partial charge in [-0.25, -0.2) is 14.6 Å². The Kier molecular flexibility index (Phi) is 15.0. The molecule has 3 aliphatic heterocycles. The minimum Gasteiger partial charge on any atom is -0.453 e. The van der Waals surface area contributed by atoms with Crippen LogP contribution in [0.15, 0.2) is 127 Å². The number of methoxy groups -OCH3 is 2. The van der Waals surface area contributed by atoms with Crippen LogP contribution in [-0.4, -0.2) is 94.9 Å². The van der Waals surface area contributed by atoms with Crippen molar-refractivity contribution in [3.05, 3.63) is 144 Å². The Hall–Kier alpha value is -7.02. The largest absolute Gasteiger partial charge is 0.453 e. The molecule has 4 amide bonds. The van der Waals surface area contributed by atoms with Crippen LogP contribution in [0.1, 0.15) is 86.3 Å². The van der Waals surface area contributed by atoms with E-state index < -0.39 is 12.2 Å². The molecule has 0 aliphatic carbocycles. The Morgan fingerprint density at radius 2 is 1.14 bits per heavy atom. The van der Waals surface area contributed by atoms with Crippen LogP contribution >= 0.6 is 0 Å². The van der Waals surface area contributed by atoms with Gasteiger partial charge in [-0.2, -0.15) is 0 Å². The first kappa shape index (κ1) is 45.5. The lowest BCUT2D eigenvalue weighted by Gasteiger charge is -2.27. The molecule has 0 unspecified atom stereocenters. The Morgan fingerprint density at radius 3 is 1.67 bits per heavy atom. The summed E-state index contributed by atoms with van der Waals surface area (Å²) in [6.45, 7) is 1.31. The number of carbonyl (C=O) groups is 4. The van der Waals surface area contributed by atoms with Crippen molar-refractivity contribution < 1.29 is 28.7 Å². The number of likely N-dealkylation sites (tertiary alicyclic amines) is 2. The van der Waals surface area contributed by atoms with Gasteiger partial charge in [0.15, 0.2) is 0 Å². The Morgan fingerprint density at radius 1 is 0.652 bits per heavy atom. The van der Waals surface area contributed by atoms with E-state index >= 15 is 0 Å². The number of allylic oxidation sites excluding steroid dienone is 1. The minimum atomic E-state index is -0.541. The van der Waals surface area contributed by atoms with Gasteiger partial charge in [0.1, 0.15) is 5.82 Å². The van der Waals surface area contributed by atoms with Gasteiger partial charge in [-0.3, -0.25) is 14.6 Å². The molecule has 1 aromatic heterocycles. The van der Waals surface area contributed by atoms with E-state index in [4.69, 9.17) is 19.5 Å². The molecule has 4 aromatic carbocycles. The fraction of sp³-hybridized carbons (Fsp3) is 0.358. The number of nitrogens with zero attached hydrogens (tertiary/aromatic N) is 4. The molecule has 5 aromatic rings. The van der Waals surface area contributed by atoms with Gasteiger partial charge in [-0.1, -0.05) is 109 Å². The summed E-state index contributed by atoms with van der Waals surface area (Å²) in [7, 11) is 2.67. The summed E-state index contributed by atoms with van der Waals surface area (Å²) in [6.07, 6.45) is 9.95. The monoisotopic (exact) mass is 889 g/mol. The topological polar surface area (TPSA) is 158 Å². The number of aliphatic imine (C=N–C) groups is 1. The molecule has 342 valence electrons. The van der Waals surface area contributed by atoms with Crippen molar-refractivity contribution in [3.63, 3.8) is 0 Å². The van der Waals surface area contributed by atoms with Gasteiger partial charge >= 0.3 is 12.2 Å². The normalized spacial score (nSPS) is 17.7. The molecule has 13 nitrogen and oxygen atoms in total. The number of aromatic amines is 1. The van der Waals surface area contributed by atoms with Crippen LogP contribution in [0.5, 0.6) is 0 Å². The quantitative estimate of drug-likeness (QED) is 0.0841. The number of ether oxygens (including phenoxy) is 2. The number of nitrogens with one attached hydrogen (secondary N) is 3. The Balaban J connectivity index is 0.844. The summed E-state index contributed by atoms with van der Waals surface area (Å²) in [5.41, 5.74) is 9.58. The maximum Gasteiger partial charge on any atom is 0.407 e. The smallest absolute Gasteiger partial charge is 0.407 e. The number of benzene rings is 4. The summed E-state index contributed by atoms with van der Waals surface area (Å²) < 4.78 is 9.75. The van der Waals surface area contributed by atoms with Gasteiger partial charge in [-0.15, -0.1) is 0 Å². The molecule has 3 N–H and O–H groups in total. The minimum absolute atomic E-state index is 0.0172. The number of amides is 4. The molecule has 13 heteroatoms. The van der Waals surface area contributed by atoms with Gasteiger partial charge in [0.05, 0.1) is 38.2 Å². The van der Waals surface area contributed by atoms with Crippen molar-refractivity contribution in [1.82, 2.24) is 30.4 Å². The van der Waals surface area contributed by atoms with Gasteiger partial charge in [-0.05, 0) is 90.3 Å². The molecule has 0 bridgehead atoms. The van der Waals surface area contributed by atoms with Gasteiger partial charge < -0.3 is 34.9 Å². The lowest BCUT2D eigenvalue weighted by molar-refractivity contribution is -0.133. The van der Waals surface area contributed by atoms with Crippen molar-refractivity contribution in [2.24, 2.45) is 4.99 Å². The highest BCUT2D eigenvalue weighted by Crippen LogP contribution is 2.34. The highest BCUT2D eigenvalue weighted by molar-refractivity contribution is 6.03. The third-order valence-corrected chi connectivity index (χ3v) is 13.1. The van der Waals surface area contributed by atoms with Crippen LogP contribution in [0.3, 0.4) is 0 Å². The number of imidazole rings is 1. The standard InChI is InChI=1S/C53H59N7O6/c1-65-52(63)56-43(27-17-36-11-5-3-6-12-36)32-49(61)59-29-9-15-47(59)45-31-42(34-54-45)40-21-19-38(20-22-40)39-23-25-41(26-24-39)46-35-55-51(58-46)48-16-10-30-60(48)50(62)33-44(57-53(64)66-2)28-18-37-13-7-4-8-14-37/h3-8,11-14,19-26,34-35,43-44,47-48H,9-10,15-18,27-33H2,1-2H3,(H,55,58)(H,56,63)(H,57,64)/t43-,44-,47+,48+/m1/s1. The van der Waals surface area contributed by atoms with E-state index in [9.17, 15) is 19.2 Å². The van der Waals surface area contributed by atoms with E-state index in [-0.39, 0.29) is 48.8 Å². The number of carbonyl (C=O) groups excluding carboxylic acids is 4. The molecule has 2 fully saturated rings. The molecule has 66 heavy (non-hydrogen) atoms. The van der Waals surface area contributed by atoms with Crippen molar-refractivity contribution in [2.75, 3.05) is 27.3 Å². The maximum atomic E-state index is 13.8. The number of hydrogen-bond donors (Lipinski definition) is 3. The summed E-state index contributed by atoms with van der Waals surface area (Å²) >= 11 is 0. The highest BCUT2D eigenvalue weighted by atomic mass is 16.5. The fourth-order valence-corrected chi connectivity index (χ4v) is 9.49. The lowest BCUT2D eigenvalue weighted by atomic mass is 9.96. The first-order valence-corrected chi connectivity index (χ1v) is 23.1. The van der Waals surface area contributed by atoms with Gasteiger partial charge in [0, 0.05) is 56.3 Å². The number of rotatable bonds is 17. The second-order valence-electron chi connectivity index (χ2n) is 17.4. The van der Waals surface area contributed by atoms with Gasteiger partial charge in [0.2, 0.25) is 11.8 Å². The number of aryl methyl sites for hydroxylation is 2. The van der Waals surface area contributed by atoms with E-state index in [2.05, 4.69) is 76.3 Å². The van der Waals surface area contributed by atoms with Crippen LogP contribution in [0.4, 0.5) is 9.59 Å². The SMILES string of the molecule is COC(=O)N[C@H](CCc1ccccc1)CC(=O)N1CCC[C@H]1C1=NC=C(c2ccc(-c3ccc(-c4cnc([C@@H]5CCCN5C(=O)C[C@@H](CCc5ccccc5)NC(=O)OC)[nH]4)cc3)cc2)C1. The number of aromatic nitrogens is 2. The molecule has 2 saturated heterocycles. The predicted octanol–water partition coefficient (Wildman–Crippen LogP) is 9.08. The van der Waals surface area contributed by atoms with Gasteiger partial charge in [0.25, 0.3) is 0 Å². The predicted molar refractivity (Wildman–Crippen MR) is 255 cm³/mol. The first-order valence-electron chi connectivity index (χ1n) is 23.1. The Labute approximate surface area is 386 Å². The average Bonchev–Trinajstić information content (AvgIpc) is 4.21. The van der Waals surface area contributed by atoms with Crippen LogP contribution < -0.4 is 10.6 Å². The number of alkyl carbamates (subject to hydrolysis) is 2. The molecule has 3 aliphatic rings. The van der Waals surface area contributed by atoms with Crippen LogP contribution in [-0.2, 0) is 31.9 Å². The van der Waals surface area contributed by atoms with Crippen molar-refractivity contribution in [2.45, 2.75) is 94.8 Å². The third-order valence-electron chi connectivity index (χ3n) is 13.1. The zero-order valence-corrected chi connectivity index (χ0v) is 37.8.